The summed E-state index contributed by atoms with van der Waals surface area (Å²) < 4.78 is 0. The van der Waals surface area contributed by atoms with Gasteiger partial charge in [0.05, 0.1) is 0 Å². The number of benzene rings is 2. The van der Waals surface area contributed by atoms with Crippen LogP contribution in [0.25, 0.3) is 17.0 Å². The van der Waals surface area contributed by atoms with Crippen LogP contribution in [0.1, 0.15) is 31.4 Å². The summed E-state index contributed by atoms with van der Waals surface area (Å²) in [6, 6.07) is 16.8. The molecule has 2 aliphatic rings. The van der Waals surface area contributed by atoms with E-state index in [1.54, 1.807) is 0 Å². The van der Waals surface area contributed by atoms with E-state index in [9.17, 15) is 4.79 Å². The first-order valence-electron chi connectivity index (χ1n) is 9.46. The third-order valence-corrected chi connectivity index (χ3v) is 6.26. The summed E-state index contributed by atoms with van der Waals surface area (Å²) in [4.78, 5) is 18.1. The molecule has 0 spiro atoms. The first kappa shape index (κ1) is 16.2. The fourth-order valence-electron chi connectivity index (χ4n) is 4.76. The maximum Gasteiger partial charge on any atom is 0.223 e. The Balaban J connectivity index is 1.66. The van der Waals surface area contributed by atoms with Gasteiger partial charge in [0.15, 0.2) is 0 Å². The highest BCUT2D eigenvalue weighted by Gasteiger charge is 2.57. The van der Waals surface area contributed by atoms with E-state index in [-0.39, 0.29) is 11.3 Å². The van der Waals surface area contributed by atoms with E-state index in [1.807, 2.05) is 12.3 Å². The van der Waals surface area contributed by atoms with E-state index < -0.39 is 5.66 Å². The summed E-state index contributed by atoms with van der Waals surface area (Å²) in [5, 5.41) is 4.52. The predicted octanol–water partition coefficient (Wildman–Crippen LogP) is 4.20. The van der Waals surface area contributed by atoms with Crippen LogP contribution in [0.15, 0.2) is 60.8 Å². The Labute approximate surface area is 158 Å². The molecule has 2 N–H and O–H groups in total. The largest absolute Gasteiger partial charge is 0.361 e. The maximum atomic E-state index is 12.4. The molecular weight excluding hydrogens is 334 g/mol. The van der Waals surface area contributed by atoms with Crippen molar-refractivity contribution in [2.24, 2.45) is 0 Å². The number of fused-ring (bicyclic) bond motifs is 4. The minimum Gasteiger partial charge on any atom is -0.361 e. The van der Waals surface area contributed by atoms with Crippen LogP contribution in [0.3, 0.4) is 0 Å². The molecule has 1 saturated heterocycles. The van der Waals surface area contributed by atoms with E-state index in [2.05, 4.69) is 83.7 Å². The van der Waals surface area contributed by atoms with Gasteiger partial charge in [0.25, 0.3) is 0 Å². The van der Waals surface area contributed by atoms with Crippen molar-refractivity contribution < 1.29 is 4.79 Å². The van der Waals surface area contributed by atoms with E-state index in [4.69, 9.17) is 0 Å². The van der Waals surface area contributed by atoms with Gasteiger partial charge in [0.2, 0.25) is 5.91 Å². The maximum absolute atomic E-state index is 12.4. The van der Waals surface area contributed by atoms with Gasteiger partial charge in [-0.1, -0.05) is 56.3 Å². The normalized spacial score (nSPS) is 23.5. The Kier molecular flexibility index (Phi) is 3.29. The topological polar surface area (TPSA) is 48.1 Å². The molecule has 0 radical (unpaired) electrons. The minimum absolute atomic E-state index is 0.107. The number of carbonyl (C=O) groups is 1. The highest BCUT2D eigenvalue weighted by atomic mass is 16.2. The summed E-state index contributed by atoms with van der Waals surface area (Å²) in [6.45, 7) is 5.17. The van der Waals surface area contributed by atoms with Crippen LogP contribution in [0.4, 0.5) is 5.69 Å². The second kappa shape index (κ2) is 5.49. The molecule has 0 bridgehead atoms. The highest BCUT2D eigenvalue weighted by Crippen LogP contribution is 2.52. The summed E-state index contributed by atoms with van der Waals surface area (Å²) in [7, 11) is 0. The second-order valence-corrected chi connectivity index (χ2v) is 7.98. The number of aromatic amines is 1. The van der Waals surface area contributed by atoms with E-state index in [1.165, 1.54) is 16.6 Å². The van der Waals surface area contributed by atoms with Crippen molar-refractivity contribution in [1.82, 2.24) is 10.3 Å². The highest BCUT2D eigenvalue weighted by molar-refractivity contribution is 5.90. The van der Waals surface area contributed by atoms with Crippen molar-refractivity contribution in [2.75, 3.05) is 11.4 Å². The number of amides is 1. The number of hydrogen-bond donors (Lipinski definition) is 2. The van der Waals surface area contributed by atoms with Crippen LogP contribution in [-0.4, -0.2) is 23.1 Å². The number of aromatic nitrogens is 1. The molecule has 4 nitrogen and oxygen atoms in total. The Morgan fingerprint density at radius 3 is 2.74 bits per heavy atom. The fraction of sp³-hybridized carbons (Fsp3) is 0.261. The van der Waals surface area contributed by atoms with Gasteiger partial charge in [-0.2, -0.15) is 0 Å². The molecule has 5 rings (SSSR count). The molecule has 0 aliphatic carbocycles. The molecule has 1 atom stereocenters. The van der Waals surface area contributed by atoms with Gasteiger partial charge in [-0.3, -0.25) is 4.79 Å². The summed E-state index contributed by atoms with van der Waals surface area (Å²) in [6.07, 6.45) is 6.87. The van der Waals surface area contributed by atoms with Crippen LogP contribution in [-0.2, 0) is 10.2 Å². The van der Waals surface area contributed by atoms with Gasteiger partial charge in [-0.05, 0) is 29.3 Å². The zero-order chi connectivity index (χ0) is 18.6. The number of nitrogens with one attached hydrogen (secondary N) is 2. The van der Waals surface area contributed by atoms with Crippen molar-refractivity contribution in [3.05, 3.63) is 71.9 Å². The van der Waals surface area contributed by atoms with E-state index in [0.717, 1.165) is 17.6 Å². The Morgan fingerprint density at radius 2 is 1.85 bits per heavy atom. The molecule has 27 heavy (non-hydrogen) atoms. The second-order valence-electron chi connectivity index (χ2n) is 7.98. The first-order valence-corrected chi connectivity index (χ1v) is 9.46. The molecule has 136 valence electrons. The van der Waals surface area contributed by atoms with E-state index >= 15 is 0 Å². The van der Waals surface area contributed by atoms with Gasteiger partial charge in [0, 0.05) is 41.2 Å². The quantitative estimate of drug-likeness (QED) is 0.722. The van der Waals surface area contributed by atoms with Crippen molar-refractivity contribution in [2.45, 2.75) is 31.3 Å². The van der Waals surface area contributed by atoms with Gasteiger partial charge in [0.1, 0.15) is 5.66 Å². The molecule has 0 saturated carbocycles. The number of nitrogens with zero attached hydrogens (tertiary/aromatic N) is 1. The molecule has 1 aromatic heterocycles. The molecule has 3 aromatic rings. The number of carbonyl (C=O) groups excluding carboxylic acids is 1. The number of H-pyrrole nitrogens is 1. The molecule has 3 heterocycles. The lowest BCUT2D eigenvalue weighted by Gasteiger charge is -2.49. The van der Waals surface area contributed by atoms with Crippen LogP contribution >= 0.6 is 0 Å². The van der Waals surface area contributed by atoms with Crippen LogP contribution in [0.2, 0.25) is 0 Å². The van der Waals surface area contributed by atoms with Gasteiger partial charge < -0.3 is 15.2 Å². The summed E-state index contributed by atoms with van der Waals surface area (Å²) in [5.74, 6) is 0.107. The third kappa shape index (κ3) is 2.13. The predicted molar refractivity (Wildman–Crippen MR) is 110 cm³/mol. The van der Waals surface area contributed by atoms with Gasteiger partial charge in [-0.15, -0.1) is 0 Å². The Bertz CT molecular complexity index is 1080. The monoisotopic (exact) mass is 357 g/mol. The molecule has 1 amide bonds. The lowest BCUT2D eigenvalue weighted by Crippen LogP contribution is -2.68. The molecular formula is C23H23N3O. The smallest absolute Gasteiger partial charge is 0.223 e. The van der Waals surface area contributed by atoms with Gasteiger partial charge in [-0.25, -0.2) is 0 Å². The van der Waals surface area contributed by atoms with Crippen LogP contribution in [0.5, 0.6) is 0 Å². The van der Waals surface area contributed by atoms with Crippen molar-refractivity contribution in [3.8, 4) is 0 Å². The molecule has 4 heteroatoms. The lowest BCUT2D eigenvalue weighted by atomic mass is 9.74. The number of rotatable bonds is 2. The van der Waals surface area contributed by atoms with Crippen molar-refractivity contribution >= 4 is 28.6 Å². The average molecular weight is 357 g/mol. The fourth-order valence-corrected chi connectivity index (χ4v) is 4.76. The van der Waals surface area contributed by atoms with Crippen LogP contribution < -0.4 is 10.2 Å². The number of anilines is 1. The lowest BCUT2D eigenvalue weighted by molar-refractivity contribution is -0.124. The standard InChI is InChI=1S/C23H23N3O/c1-22(2)18-8-4-6-10-20(18)26-14-12-21(27)25-23(22,26)13-11-16-15-24-19-9-5-3-7-17(16)19/h3-11,13,15,24H,12,14H2,1-2H3,(H,25,27)/b13-11-/t23-/m1/s1. The molecule has 1 fully saturated rings. The zero-order valence-corrected chi connectivity index (χ0v) is 15.6. The number of para-hydroxylation sites is 2. The average Bonchev–Trinajstić information content (AvgIpc) is 3.16. The third-order valence-electron chi connectivity index (χ3n) is 6.26. The minimum atomic E-state index is -0.565. The zero-order valence-electron chi connectivity index (χ0n) is 15.6. The van der Waals surface area contributed by atoms with Crippen molar-refractivity contribution in [3.63, 3.8) is 0 Å². The molecule has 2 aliphatic heterocycles. The molecule has 0 unspecified atom stereocenters. The first-order chi connectivity index (χ1) is 13.0. The SMILES string of the molecule is CC1(C)c2ccccc2N2CCC(=O)N[C@]21/C=C\c1c[nH]c2ccccc12. The number of hydrogen-bond acceptors (Lipinski definition) is 2. The van der Waals surface area contributed by atoms with Crippen molar-refractivity contribution in [1.29, 1.82) is 0 Å². The molecule has 2 aromatic carbocycles. The van der Waals surface area contributed by atoms with E-state index in [0.29, 0.717) is 6.42 Å². The van der Waals surface area contributed by atoms with Gasteiger partial charge >= 0.3 is 0 Å². The Hall–Kier alpha value is -3.01. The van der Waals surface area contributed by atoms with Crippen LogP contribution in [0, 0.1) is 0 Å². The summed E-state index contributed by atoms with van der Waals surface area (Å²) >= 11 is 0. The Morgan fingerprint density at radius 1 is 1.07 bits per heavy atom. The summed E-state index contributed by atoms with van der Waals surface area (Å²) in [5.41, 5.74) is 3.92.